The van der Waals surface area contributed by atoms with E-state index in [1.165, 1.54) is 0 Å². The lowest BCUT2D eigenvalue weighted by molar-refractivity contribution is -0.134. The Morgan fingerprint density at radius 3 is 2.75 bits per heavy atom. The predicted molar refractivity (Wildman–Crippen MR) is 53.5 cm³/mol. The van der Waals surface area contributed by atoms with Gasteiger partial charge in [-0.3, -0.25) is 0 Å². The number of anilines is 1. The number of halogens is 3. The fourth-order valence-electron chi connectivity index (χ4n) is 0.884. The molecule has 16 heavy (non-hydrogen) atoms. The molecule has 0 saturated carbocycles. The van der Waals surface area contributed by atoms with Crippen LogP contribution in [-0.4, -0.2) is 36.5 Å². The molecular formula is C8H11F3N2O2S. The lowest BCUT2D eigenvalue weighted by Crippen LogP contribution is -2.10. The minimum Gasteiger partial charge on any atom is -0.394 e. The van der Waals surface area contributed by atoms with Crippen molar-refractivity contribution in [1.82, 2.24) is 4.98 Å². The van der Waals surface area contributed by atoms with Crippen LogP contribution < -0.4 is 5.32 Å². The minimum atomic E-state index is -4.34. The van der Waals surface area contributed by atoms with Gasteiger partial charge >= 0.3 is 6.18 Å². The summed E-state index contributed by atoms with van der Waals surface area (Å²) in [4.78, 5) is 2.85. The van der Waals surface area contributed by atoms with Gasteiger partial charge < -0.3 is 15.2 Å². The first kappa shape index (κ1) is 13.2. The van der Waals surface area contributed by atoms with E-state index in [0.29, 0.717) is 24.5 Å². The number of ether oxygens (including phenoxy) is 1. The molecule has 0 fully saturated rings. The zero-order valence-corrected chi connectivity index (χ0v) is 9.07. The van der Waals surface area contributed by atoms with Crippen molar-refractivity contribution in [2.45, 2.75) is 6.18 Å². The van der Waals surface area contributed by atoms with Crippen molar-refractivity contribution in [3.63, 3.8) is 0 Å². The molecule has 1 aromatic heterocycles. The van der Waals surface area contributed by atoms with Crippen molar-refractivity contribution in [3.8, 4) is 0 Å². The van der Waals surface area contributed by atoms with Crippen molar-refractivity contribution < 1.29 is 23.0 Å². The number of aromatic nitrogens is 1. The van der Waals surface area contributed by atoms with Crippen molar-refractivity contribution in [3.05, 3.63) is 11.1 Å². The highest BCUT2D eigenvalue weighted by Crippen LogP contribution is 2.34. The fourth-order valence-corrected chi connectivity index (χ4v) is 1.59. The summed E-state index contributed by atoms with van der Waals surface area (Å²) in [6, 6.07) is 0. The zero-order chi connectivity index (χ0) is 12.0. The first-order valence-electron chi connectivity index (χ1n) is 4.49. The summed E-state index contributed by atoms with van der Waals surface area (Å²) in [6.07, 6.45) is -3.55. The molecule has 4 nitrogen and oxygen atoms in total. The first-order chi connectivity index (χ1) is 7.54. The van der Waals surface area contributed by atoms with Gasteiger partial charge in [0.05, 0.1) is 26.0 Å². The normalized spacial score (nSPS) is 11.8. The molecule has 92 valence electrons. The standard InChI is InChI=1S/C8H11F3N2O2S/c9-8(10,11)6-5-13-7(16-6)12-1-3-15-4-2-14/h5,14H,1-4H2,(H,12,13). The summed E-state index contributed by atoms with van der Waals surface area (Å²) >= 11 is 0.551. The van der Waals surface area contributed by atoms with Crippen LogP contribution in [0.25, 0.3) is 0 Å². The molecule has 0 unspecified atom stereocenters. The second-order valence-electron chi connectivity index (χ2n) is 2.79. The molecule has 0 radical (unpaired) electrons. The van der Waals surface area contributed by atoms with E-state index in [2.05, 4.69) is 10.3 Å². The Bertz CT molecular complexity index is 316. The largest absolute Gasteiger partial charge is 0.427 e. The molecule has 0 saturated heterocycles. The van der Waals surface area contributed by atoms with Gasteiger partial charge in [0.25, 0.3) is 0 Å². The van der Waals surface area contributed by atoms with Gasteiger partial charge in [-0.2, -0.15) is 13.2 Å². The van der Waals surface area contributed by atoms with Crippen molar-refractivity contribution in [1.29, 1.82) is 0 Å². The second kappa shape index (κ2) is 6.02. The Kier molecular flexibility index (Phi) is 4.97. The molecule has 0 aliphatic rings. The quantitative estimate of drug-likeness (QED) is 0.759. The van der Waals surface area contributed by atoms with E-state index in [4.69, 9.17) is 9.84 Å². The van der Waals surface area contributed by atoms with Crippen LogP contribution in [0.4, 0.5) is 18.3 Å². The molecule has 0 aliphatic carbocycles. The number of hydrogen-bond donors (Lipinski definition) is 2. The number of rotatable bonds is 6. The molecule has 2 N–H and O–H groups in total. The SMILES string of the molecule is OCCOCCNc1ncc(C(F)(F)F)s1. The summed E-state index contributed by atoms with van der Waals surface area (Å²) in [6.45, 7) is 0.801. The molecule has 0 aliphatic heterocycles. The number of nitrogens with zero attached hydrogens (tertiary/aromatic N) is 1. The Balaban J connectivity index is 2.30. The van der Waals surface area contributed by atoms with Gasteiger partial charge in [0.2, 0.25) is 0 Å². The zero-order valence-electron chi connectivity index (χ0n) is 8.25. The number of thiazole rings is 1. The first-order valence-corrected chi connectivity index (χ1v) is 5.31. The minimum absolute atomic E-state index is 0.0739. The maximum Gasteiger partial charge on any atom is 0.427 e. The lowest BCUT2D eigenvalue weighted by atomic mass is 10.5. The van der Waals surface area contributed by atoms with E-state index in [-0.39, 0.29) is 18.3 Å². The van der Waals surface area contributed by atoms with E-state index in [0.717, 1.165) is 6.20 Å². The van der Waals surface area contributed by atoms with Gasteiger partial charge in [-0.1, -0.05) is 11.3 Å². The molecule has 0 spiro atoms. The molecule has 1 aromatic rings. The van der Waals surface area contributed by atoms with Gasteiger partial charge in [-0.15, -0.1) is 0 Å². The van der Waals surface area contributed by atoms with E-state index >= 15 is 0 Å². The van der Waals surface area contributed by atoms with Crippen LogP contribution in [0.1, 0.15) is 4.88 Å². The van der Waals surface area contributed by atoms with E-state index < -0.39 is 11.1 Å². The highest BCUT2D eigenvalue weighted by molar-refractivity contribution is 7.15. The topological polar surface area (TPSA) is 54.4 Å². The Hall–Kier alpha value is -0.860. The monoisotopic (exact) mass is 256 g/mol. The van der Waals surface area contributed by atoms with Crippen LogP contribution in [0, 0.1) is 0 Å². The Morgan fingerprint density at radius 1 is 1.44 bits per heavy atom. The predicted octanol–water partition coefficient (Wildman–Crippen LogP) is 1.58. The molecule has 8 heteroatoms. The summed E-state index contributed by atoms with van der Waals surface area (Å²) in [7, 11) is 0. The van der Waals surface area contributed by atoms with Crippen LogP contribution in [-0.2, 0) is 10.9 Å². The van der Waals surface area contributed by atoms with Crippen LogP contribution in [0.15, 0.2) is 6.20 Å². The third-order valence-electron chi connectivity index (χ3n) is 1.54. The average Bonchev–Trinajstić information content (AvgIpc) is 2.65. The lowest BCUT2D eigenvalue weighted by Gasteiger charge is -2.03. The summed E-state index contributed by atoms with van der Waals surface area (Å²) in [5, 5.41) is 11.3. The van der Waals surface area contributed by atoms with Crippen molar-refractivity contribution >= 4 is 16.5 Å². The number of aliphatic hydroxyl groups is 1. The van der Waals surface area contributed by atoms with E-state index in [9.17, 15) is 13.2 Å². The van der Waals surface area contributed by atoms with Gasteiger partial charge in [0.15, 0.2) is 5.13 Å². The molecule has 0 atom stereocenters. The van der Waals surface area contributed by atoms with E-state index in [1.54, 1.807) is 0 Å². The van der Waals surface area contributed by atoms with Gasteiger partial charge in [0, 0.05) is 6.54 Å². The number of aliphatic hydroxyl groups excluding tert-OH is 1. The molecule has 0 amide bonds. The smallest absolute Gasteiger partial charge is 0.394 e. The number of alkyl halides is 3. The highest BCUT2D eigenvalue weighted by Gasteiger charge is 2.33. The van der Waals surface area contributed by atoms with Crippen LogP contribution in [0.5, 0.6) is 0 Å². The van der Waals surface area contributed by atoms with Crippen LogP contribution >= 0.6 is 11.3 Å². The van der Waals surface area contributed by atoms with Gasteiger partial charge in [-0.25, -0.2) is 4.98 Å². The summed E-state index contributed by atoms with van der Waals surface area (Å²) < 4.78 is 41.5. The maximum absolute atomic E-state index is 12.2. The Labute approximate surface area is 94.1 Å². The second-order valence-corrected chi connectivity index (χ2v) is 3.82. The third kappa shape index (κ3) is 4.33. The third-order valence-corrected chi connectivity index (χ3v) is 2.54. The van der Waals surface area contributed by atoms with Crippen LogP contribution in [0.2, 0.25) is 0 Å². The molecule has 0 bridgehead atoms. The van der Waals surface area contributed by atoms with Crippen molar-refractivity contribution in [2.75, 3.05) is 31.7 Å². The molecule has 0 aromatic carbocycles. The van der Waals surface area contributed by atoms with E-state index in [1.807, 2.05) is 0 Å². The highest BCUT2D eigenvalue weighted by atomic mass is 32.1. The van der Waals surface area contributed by atoms with Crippen LogP contribution in [0.3, 0.4) is 0 Å². The summed E-state index contributed by atoms with van der Waals surface area (Å²) in [5.74, 6) is 0. The average molecular weight is 256 g/mol. The molecule has 1 rings (SSSR count). The Morgan fingerprint density at radius 2 is 2.19 bits per heavy atom. The fraction of sp³-hybridized carbons (Fsp3) is 0.625. The number of hydrogen-bond acceptors (Lipinski definition) is 5. The number of nitrogens with one attached hydrogen (secondary N) is 1. The summed E-state index contributed by atoms with van der Waals surface area (Å²) in [5.41, 5.74) is 0. The van der Waals surface area contributed by atoms with Crippen molar-refractivity contribution in [2.24, 2.45) is 0 Å². The van der Waals surface area contributed by atoms with Gasteiger partial charge in [-0.05, 0) is 0 Å². The molecule has 1 heterocycles. The molecular weight excluding hydrogens is 245 g/mol. The van der Waals surface area contributed by atoms with Gasteiger partial charge in [0.1, 0.15) is 4.88 Å². The maximum atomic E-state index is 12.2.